The molecule has 1 fully saturated rings. The first-order valence-electron chi connectivity index (χ1n) is 4.43. The van der Waals surface area contributed by atoms with E-state index in [0.717, 1.165) is 32.7 Å². The summed E-state index contributed by atoms with van der Waals surface area (Å²) in [6.07, 6.45) is -0.0249. The van der Waals surface area contributed by atoms with Crippen molar-refractivity contribution < 1.29 is 9.84 Å². The van der Waals surface area contributed by atoms with Crippen LogP contribution in [0.2, 0.25) is 0 Å². The van der Waals surface area contributed by atoms with Gasteiger partial charge >= 0.3 is 0 Å². The Morgan fingerprint density at radius 1 is 1.50 bits per heavy atom. The Hall–Kier alpha value is -0.160. The topological polar surface area (TPSA) is 44.7 Å². The van der Waals surface area contributed by atoms with Crippen LogP contribution in [0.4, 0.5) is 0 Å². The van der Waals surface area contributed by atoms with Crippen LogP contribution in [0.5, 0.6) is 0 Å². The molecule has 0 spiro atoms. The van der Waals surface area contributed by atoms with Crippen molar-refractivity contribution in [3.63, 3.8) is 0 Å². The van der Waals surface area contributed by atoms with Gasteiger partial charge in [0.1, 0.15) is 0 Å². The van der Waals surface area contributed by atoms with Crippen LogP contribution >= 0.6 is 0 Å². The van der Waals surface area contributed by atoms with Crippen molar-refractivity contribution in [3.8, 4) is 0 Å². The molecular weight excluding hydrogens is 156 g/mol. The first-order valence-corrected chi connectivity index (χ1v) is 4.43. The Balaban J connectivity index is 2.18. The number of hydrogen-bond acceptors (Lipinski definition) is 4. The van der Waals surface area contributed by atoms with E-state index in [2.05, 4.69) is 10.2 Å². The van der Waals surface area contributed by atoms with Crippen LogP contribution in [-0.2, 0) is 4.74 Å². The fourth-order valence-electron chi connectivity index (χ4n) is 1.39. The van der Waals surface area contributed by atoms with Crippen LogP contribution in [-0.4, -0.2) is 62.6 Å². The van der Waals surface area contributed by atoms with Crippen molar-refractivity contribution in [2.24, 2.45) is 0 Å². The van der Waals surface area contributed by atoms with Gasteiger partial charge in [-0.05, 0) is 0 Å². The highest BCUT2D eigenvalue weighted by Crippen LogP contribution is 1.97. The molecule has 1 aliphatic heterocycles. The Labute approximate surface area is 73.5 Å². The largest absolute Gasteiger partial charge is 0.394 e. The molecule has 1 atom stereocenters. The van der Waals surface area contributed by atoms with Gasteiger partial charge < -0.3 is 15.2 Å². The third-order valence-electron chi connectivity index (χ3n) is 2.21. The smallest absolute Gasteiger partial charge is 0.0928 e. The molecule has 0 aromatic carbocycles. The van der Waals surface area contributed by atoms with E-state index in [9.17, 15) is 0 Å². The molecule has 0 aromatic rings. The van der Waals surface area contributed by atoms with E-state index in [1.165, 1.54) is 0 Å². The van der Waals surface area contributed by atoms with Gasteiger partial charge in [-0.3, -0.25) is 4.90 Å². The Morgan fingerprint density at radius 2 is 2.17 bits per heavy atom. The number of nitrogens with one attached hydrogen (secondary N) is 1. The van der Waals surface area contributed by atoms with E-state index in [-0.39, 0.29) is 12.7 Å². The van der Waals surface area contributed by atoms with Crippen LogP contribution in [0.3, 0.4) is 0 Å². The Kier molecular flexibility index (Phi) is 4.53. The molecular formula is C8H18N2O2. The van der Waals surface area contributed by atoms with E-state index in [4.69, 9.17) is 9.84 Å². The second-order valence-electron chi connectivity index (χ2n) is 3.09. The third-order valence-corrected chi connectivity index (χ3v) is 2.21. The molecule has 1 aliphatic rings. The number of ether oxygens (including phenoxy) is 1. The maximum absolute atomic E-state index is 8.89. The van der Waals surface area contributed by atoms with E-state index < -0.39 is 0 Å². The maximum Gasteiger partial charge on any atom is 0.0928 e. The third kappa shape index (κ3) is 3.06. The monoisotopic (exact) mass is 174 g/mol. The molecule has 1 saturated heterocycles. The fraction of sp³-hybridized carbons (Fsp3) is 1.00. The highest BCUT2D eigenvalue weighted by molar-refractivity contribution is 4.71. The summed E-state index contributed by atoms with van der Waals surface area (Å²) in [5.74, 6) is 0. The highest BCUT2D eigenvalue weighted by atomic mass is 16.5. The highest BCUT2D eigenvalue weighted by Gasteiger charge is 2.14. The minimum absolute atomic E-state index is 0.0249. The molecule has 0 aromatic heterocycles. The second kappa shape index (κ2) is 5.48. The van der Waals surface area contributed by atoms with Gasteiger partial charge in [0.05, 0.1) is 12.7 Å². The van der Waals surface area contributed by atoms with Gasteiger partial charge in [-0.25, -0.2) is 0 Å². The summed E-state index contributed by atoms with van der Waals surface area (Å²) in [7, 11) is 1.64. The lowest BCUT2D eigenvalue weighted by Gasteiger charge is -2.29. The van der Waals surface area contributed by atoms with Gasteiger partial charge in [-0.1, -0.05) is 0 Å². The predicted octanol–water partition coefficient (Wildman–Crippen LogP) is -1.10. The molecule has 0 aliphatic carbocycles. The van der Waals surface area contributed by atoms with Crippen LogP contribution in [0.1, 0.15) is 0 Å². The number of nitrogens with zero attached hydrogens (tertiary/aromatic N) is 1. The van der Waals surface area contributed by atoms with Crippen LogP contribution < -0.4 is 5.32 Å². The van der Waals surface area contributed by atoms with Crippen LogP contribution in [0.25, 0.3) is 0 Å². The minimum Gasteiger partial charge on any atom is -0.394 e. The Bertz CT molecular complexity index is 112. The van der Waals surface area contributed by atoms with Crippen molar-refractivity contribution in [1.29, 1.82) is 0 Å². The summed E-state index contributed by atoms with van der Waals surface area (Å²) in [5.41, 5.74) is 0. The zero-order valence-corrected chi connectivity index (χ0v) is 7.62. The van der Waals surface area contributed by atoms with Gasteiger partial charge in [0.25, 0.3) is 0 Å². The molecule has 0 amide bonds. The predicted molar refractivity (Wildman–Crippen MR) is 47.2 cm³/mol. The fourth-order valence-corrected chi connectivity index (χ4v) is 1.39. The first-order chi connectivity index (χ1) is 5.86. The second-order valence-corrected chi connectivity index (χ2v) is 3.09. The van der Waals surface area contributed by atoms with E-state index in [1.54, 1.807) is 7.11 Å². The number of aliphatic hydroxyl groups is 1. The Morgan fingerprint density at radius 3 is 2.67 bits per heavy atom. The summed E-state index contributed by atoms with van der Waals surface area (Å²) < 4.78 is 5.09. The normalized spacial score (nSPS) is 22.5. The summed E-state index contributed by atoms with van der Waals surface area (Å²) in [6.45, 7) is 5.15. The van der Waals surface area contributed by atoms with Crippen LogP contribution in [0, 0.1) is 0 Å². The molecule has 2 N–H and O–H groups in total. The van der Waals surface area contributed by atoms with Crippen molar-refractivity contribution in [1.82, 2.24) is 10.2 Å². The average molecular weight is 174 g/mol. The quantitative estimate of drug-likeness (QED) is 0.568. The molecule has 0 radical (unpaired) electrons. The van der Waals surface area contributed by atoms with Gasteiger partial charge in [-0.15, -0.1) is 0 Å². The van der Waals surface area contributed by atoms with E-state index in [0.29, 0.717) is 0 Å². The van der Waals surface area contributed by atoms with Crippen LogP contribution in [0.15, 0.2) is 0 Å². The lowest BCUT2D eigenvalue weighted by atomic mass is 10.3. The van der Waals surface area contributed by atoms with Gasteiger partial charge in [0.2, 0.25) is 0 Å². The molecule has 0 saturated carbocycles. The zero-order chi connectivity index (χ0) is 8.81. The molecule has 1 rings (SSSR count). The lowest BCUT2D eigenvalue weighted by Crippen LogP contribution is -2.47. The average Bonchev–Trinajstić information content (AvgIpc) is 2.16. The number of rotatable bonds is 4. The van der Waals surface area contributed by atoms with E-state index >= 15 is 0 Å². The van der Waals surface area contributed by atoms with Gasteiger partial charge in [-0.2, -0.15) is 0 Å². The summed E-state index contributed by atoms with van der Waals surface area (Å²) in [5, 5.41) is 12.2. The summed E-state index contributed by atoms with van der Waals surface area (Å²) >= 11 is 0. The van der Waals surface area contributed by atoms with Gasteiger partial charge in [0, 0.05) is 39.8 Å². The van der Waals surface area contributed by atoms with Crippen molar-refractivity contribution in [3.05, 3.63) is 0 Å². The minimum atomic E-state index is -0.0249. The van der Waals surface area contributed by atoms with E-state index in [1.807, 2.05) is 0 Å². The number of aliphatic hydroxyl groups excluding tert-OH is 1. The number of hydrogen-bond donors (Lipinski definition) is 2. The molecule has 4 nitrogen and oxygen atoms in total. The molecule has 12 heavy (non-hydrogen) atoms. The summed E-state index contributed by atoms with van der Waals surface area (Å²) in [6, 6.07) is 0. The van der Waals surface area contributed by atoms with Gasteiger partial charge in [0.15, 0.2) is 0 Å². The maximum atomic E-state index is 8.89. The standard InChI is InChI=1S/C8H18N2O2/c1-12-8(7-11)6-10-4-2-9-3-5-10/h8-9,11H,2-7H2,1H3/t8-/m1/s1. The SMILES string of the molecule is CO[C@@H](CO)CN1CCNCC1. The molecule has 1 heterocycles. The summed E-state index contributed by atoms with van der Waals surface area (Å²) in [4.78, 5) is 2.31. The van der Waals surface area contributed by atoms with Crippen molar-refractivity contribution >= 4 is 0 Å². The van der Waals surface area contributed by atoms with Crippen molar-refractivity contribution in [2.75, 3.05) is 46.4 Å². The zero-order valence-electron chi connectivity index (χ0n) is 7.62. The molecule has 0 unspecified atom stereocenters. The lowest BCUT2D eigenvalue weighted by molar-refractivity contribution is 0.0195. The molecule has 72 valence electrons. The molecule has 4 heteroatoms. The number of piperazine rings is 1. The molecule has 0 bridgehead atoms. The number of methoxy groups -OCH3 is 1. The van der Waals surface area contributed by atoms with Crippen molar-refractivity contribution in [2.45, 2.75) is 6.10 Å². The first kappa shape index (κ1) is 9.92.